The molecule has 0 radical (unpaired) electrons. The molecule has 1 aromatic rings. The molecule has 1 unspecified atom stereocenters. The highest BCUT2D eigenvalue weighted by Crippen LogP contribution is 2.38. The Bertz CT molecular complexity index is 409. The highest BCUT2D eigenvalue weighted by molar-refractivity contribution is 5.32. The number of hydrogen-bond acceptors (Lipinski definition) is 3. The van der Waals surface area contributed by atoms with Gasteiger partial charge in [-0.15, -0.1) is 0 Å². The van der Waals surface area contributed by atoms with E-state index in [0.717, 1.165) is 18.9 Å². The normalized spacial score (nSPS) is 30.1. The van der Waals surface area contributed by atoms with Crippen LogP contribution in [0.2, 0.25) is 0 Å². The van der Waals surface area contributed by atoms with Gasteiger partial charge in [0, 0.05) is 19.2 Å². The summed E-state index contributed by atoms with van der Waals surface area (Å²) in [5.74, 6) is 1.66. The highest BCUT2D eigenvalue weighted by Gasteiger charge is 2.30. The van der Waals surface area contributed by atoms with E-state index in [4.69, 9.17) is 9.47 Å². The van der Waals surface area contributed by atoms with Crippen molar-refractivity contribution in [3.63, 3.8) is 0 Å². The number of nitrogens with one attached hydrogen (secondary N) is 1. The topological polar surface area (TPSA) is 30.5 Å². The molecule has 1 atom stereocenters. The van der Waals surface area contributed by atoms with Crippen LogP contribution in [-0.2, 0) is 4.74 Å². The number of ether oxygens (including phenoxy) is 2. The zero-order chi connectivity index (χ0) is 13.1. The summed E-state index contributed by atoms with van der Waals surface area (Å²) in [7, 11) is 1.73. The minimum Gasteiger partial charge on any atom is -0.497 e. The first-order chi connectivity index (χ1) is 9.35. The minimum absolute atomic E-state index is 0.455. The van der Waals surface area contributed by atoms with E-state index in [1.165, 1.54) is 31.2 Å². The SMILES string of the molecule is COc1cccc(C2CC(NCC3CCCO3)C2)c1. The fraction of sp³-hybridized carbons (Fsp3) is 0.625. The van der Waals surface area contributed by atoms with Gasteiger partial charge in [-0.1, -0.05) is 12.1 Å². The zero-order valence-electron chi connectivity index (χ0n) is 11.6. The number of benzene rings is 1. The lowest BCUT2D eigenvalue weighted by molar-refractivity contribution is 0.102. The van der Waals surface area contributed by atoms with Crippen molar-refractivity contribution >= 4 is 0 Å². The maximum absolute atomic E-state index is 5.63. The maximum Gasteiger partial charge on any atom is 0.119 e. The van der Waals surface area contributed by atoms with Gasteiger partial charge in [0.15, 0.2) is 0 Å². The Labute approximate surface area is 115 Å². The molecule has 1 saturated carbocycles. The van der Waals surface area contributed by atoms with E-state index in [1.807, 2.05) is 6.07 Å². The summed E-state index contributed by atoms with van der Waals surface area (Å²) in [6.45, 7) is 1.97. The molecule has 2 aliphatic rings. The predicted octanol–water partition coefficient (Wildman–Crippen LogP) is 2.71. The van der Waals surface area contributed by atoms with E-state index in [-0.39, 0.29) is 0 Å². The van der Waals surface area contributed by atoms with Crippen molar-refractivity contribution in [1.29, 1.82) is 0 Å². The van der Waals surface area contributed by atoms with Crippen LogP contribution >= 0.6 is 0 Å². The van der Waals surface area contributed by atoms with Crippen molar-refractivity contribution in [2.45, 2.75) is 43.7 Å². The molecule has 0 aromatic heterocycles. The van der Waals surface area contributed by atoms with Crippen LogP contribution in [0.3, 0.4) is 0 Å². The summed E-state index contributed by atoms with van der Waals surface area (Å²) in [5.41, 5.74) is 1.41. The van der Waals surface area contributed by atoms with E-state index < -0.39 is 0 Å². The summed E-state index contributed by atoms with van der Waals surface area (Å²) in [5, 5.41) is 3.63. The molecule has 0 bridgehead atoms. The second-order valence-electron chi connectivity index (χ2n) is 5.69. The summed E-state index contributed by atoms with van der Waals surface area (Å²) in [6.07, 6.45) is 5.37. The van der Waals surface area contributed by atoms with Crippen LogP contribution in [0.4, 0.5) is 0 Å². The van der Waals surface area contributed by atoms with Gasteiger partial charge in [0.2, 0.25) is 0 Å². The number of rotatable bonds is 5. The Morgan fingerprint density at radius 1 is 1.37 bits per heavy atom. The Morgan fingerprint density at radius 3 is 3.00 bits per heavy atom. The molecule has 0 spiro atoms. The second kappa shape index (κ2) is 5.93. The third-order valence-corrected chi connectivity index (χ3v) is 4.36. The molecule has 2 fully saturated rings. The summed E-state index contributed by atoms with van der Waals surface area (Å²) >= 11 is 0. The molecular weight excluding hydrogens is 238 g/mol. The van der Waals surface area contributed by atoms with Crippen molar-refractivity contribution in [1.82, 2.24) is 5.32 Å². The van der Waals surface area contributed by atoms with Gasteiger partial charge in [-0.25, -0.2) is 0 Å². The largest absolute Gasteiger partial charge is 0.497 e. The zero-order valence-corrected chi connectivity index (χ0v) is 11.6. The van der Waals surface area contributed by atoms with Crippen LogP contribution in [0, 0.1) is 0 Å². The molecule has 1 saturated heterocycles. The van der Waals surface area contributed by atoms with Crippen LogP contribution in [0.5, 0.6) is 5.75 Å². The van der Waals surface area contributed by atoms with Gasteiger partial charge in [0.1, 0.15) is 5.75 Å². The van der Waals surface area contributed by atoms with Crippen molar-refractivity contribution in [3.05, 3.63) is 29.8 Å². The first kappa shape index (κ1) is 12.9. The van der Waals surface area contributed by atoms with E-state index >= 15 is 0 Å². The van der Waals surface area contributed by atoms with Gasteiger partial charge < -0.3 is 14.8 Å². The third kappa shape index (κ3) is 3.10. The van der Waals surface area contributed by atoms with E-state index in [9.17, 15) is 0 Å². The van der Waals surface area contributed by atoms with Crippen LogP contribution in [0.25, 0.3) is 0 Å². The van der Waals surface area contributed by atoms with Gasteiger partial charge in [-0.05, 0) is 49.3 Å². The monoisotopic (exact) mass is 261 g/mol. The molecule has 3 rings (SSSR count). The maximum atomic E-state index is 5.63. The molecule has 3 heteroatoms. The first-order valence-electron chi connectivity index (χ1n) is 7.34. The first-order valence-corrected chi connectivity index (χ1v) is 7.34. The highest BCUT2D eigenvalue weighted by atomic mass is 16.5. The molecular formula is C16H23NO2. The van der Waals surface area contributed by atoms with E-state index in [2.05, 4.69) is 23.5 Å². The molecule has 1 aromatic carbocycles. The molecule has 1 heterocycles. The molecule has 1 aliphatic carbocycles. The fourth-order valence-corrected chi connectivity index (χ4v) is 3.06. The van der Waals surface area contributed by atoms with Crippen LogP contribution in [0.1, 0.15) is 37.2 Å². The van der Waals surface area contributed by atoms with Gasteiger partial charge in [0.05, 0.1) is 13.2 Å². The summed E-state index contributed by atoms with van der Waals surface area (Å²) in [6, 6.07) is 9.14. The lowest BCUT2D eigenvalue weighted by Crippen LogP contribution is -2.43. The molecule has 1 N–H and O–H groups in total. The van der Waals surface area contributed by atoms with Crippen molar-refractivity contribution < 1.29 is 9.47 Å². The Morgan fingerprint density at radius 2 is 2.26 bits per heavy atom. The average Bonchev–Trinajstić information content (AvgIpc) is 2.90. The molecule has 1 aliphatic heterocycles. The van der Waals surface area contributed by atoms with Crippen molar-refractivity contribution in [3.8, 4) is 5.75 Å². The second-order valence-corrected chi connectivity index (χ2v) is 5.69. The molecule has 3 nitrogen and oxygen atoms in total. The van der Waals surface area contributed by atoms with Gasteiger partial charge >= 0.3 is 0 Å². The Kier molecular flexibility index (Phi) is 4.04. The summed E-state index contributed by atoms with van der Waals surface area (Å²) < 4.78 is 10.9. The smallest absolute Gasteiger partial charge is 0.119 e. The standard InChI is InChI=1S/C16H23NO2/c1-18-15-5-2-4-12(10-15)13-8-14(9-13)17-11-16-6-3-7-19-16/h2,4-5,10,13-14,16-17H,3,6-9,11H2,1H3. The van der Waals surface area contributed by atoms with Gasteiger partial charge in [-0.3, -0.25) is 0 Å². The van der Waals surface area contributed by atoms with E-state index in [1.54, 1.807) is 7.11 Å². The molecule has 104 valence electrons. The quantitative estimate of drug-likeness (QED) is 0.884. The van der Waals surface area contributed by atoms with Crippen LogP contribution in [-0.4, -0.2) is 32.4 Å². The molecule has 0 amide bonds. The van der Waals surface area contributed by atoms with Crippen LogP contribution in [0.15, 0.2) is 24.3 Å². The number of methoxy groups -OCH3 is 1. The van der Waals surface area contributed by atoms with Crippen molar-refractivity contribution in [2.24, 2.45) is 0 Å². The lowest BCUT2D eigenvalue weighted by Gasteiger charge is -2.37. The van der Waals surface area contributed by atoms with Crippen LogP contribution < -0.4 is 10.1 Å². The molecule has 19 heavy (non-hydrogen) atoms. The number of hydrogen-bond donors (Lipinski definition) is 1. The Balaban J connectivity index is 1.44. The Hall–Kier alpha value is -1.06. The third-order valence-electron chi connectivity index (χ3n) is 4.36. The summed E-state index contributed by atoms with van der Waals surface area (Å²) in [4.78, 5) is 0. The van der Waals surface area contributed by atoms with Gasteiger partial charge in [0.25, 0.3) is 0 Å². The minimum atomic E-state index is 0.455. The van der Waals surface area contributed by atoms with E-state index in [0.29, 0.717) is 18.1 Å². The predicted molar refractivity (Wildman–Crippen MR) is 75.7 cm³/mol. The fourth-order valence-electron chi connectivity index (χ4n) is 3.06. The van der Waals surface area contributed by atoms with Crippen molar-refractivity contribution in [2.75, 3.05) is 20.3 Å². The lowest BCUT2D eigenvalue weighted by atomic mass is 9.76. The van der Waals surface area contributed by atoms with Gasteiger partial charge in [-0.2, -0.15) is 0 Å². The average molecular weight is 261 g/mol.